The molecule has 0 aliphatic rings. The van der Waals surface area contributed by atoms with Crippen LogP contribution in [0.5, 0.6) is 5.75 Å². The van der Waals surface area contributed by atoms with Crippen LogP contribution in [-0.2, 0) is 16.0 Å². The molecule has 6 heteroatoms. The summed E-state index contributed by atoms with van der Waals surface area (Å²) in [6, 6.07) is 4.47. The predicted molar refractivity (Wildman–Crippen MR) is 74.3 cm³/mol. The minimum atomic E-state index is -1.03. The number of nitrogens with zero attached hydrogens (tertiary/aromatic N) is 1. The molecule has 1 atom stereocenters. The summed E-state index contributed by atoms with van der Waals surface area (Å²) in [4.78, 5) is 24.1. The summed E-state index contributed by atoms with van der Waals surface area (Å²) >= 11 is 3.36. The Morgan fingerprint density at radius 3 is 2.63 bits per heavy atom. The summed E-state index contributed by atoms with van der Waals surface area (Å²) in [5.74, 6) is -0.635. The average molecular weight is 330 g/mol. The first-order chi connectivity index (χ1) is 8.86. The zero-order valence-corrected chi connectivity index (χ0v) is 12.6. The van der Waals surface area contributed by atoms with Crippen molar-refractivity contribution in [2.75, 3.05) is 14.2 Å². The number of aliphatic carboxylic acids is 1. The van der Waals surface area contributed by atoms with Gasteiger partial charge in [0.15, 0.2) is 0 Å². The van der Waals surface area contributed by atoms with E-state index >= 15 is 0 Å². The lowest BCUT2D eigenvalue weighted by Crippen LogP contribution is -2.41. The van der Waals surface area contributed by atoms with Gasteiger partial charge in [0.25, 0.3) is 0 Å². The van der Waals surface area contributed by atoms with Gasteiger partial charge in [-0.2, -0.15) is 0 Å². The van der Waals surface area contributed by atoms with E-state index in [0.717, 1.165) is 10.0 Å². The van der Waals surface area contributed by atoms with Crippen molar-refractivity contribution in [3.8, 4) is 5.75 Å². The number of carbonyl (C=O) groups excluding carboxylic acids is 1. The normalized spacial score (nSPS) is 11.8. The standard InChI is InChI=1S/C13H16BrNO4/c1-8(13(17)18)15(2)12(16)7-9-6-10(19-3)4-5-11(9)14/h4-6,8H,7H2,1-3H3,(H,17,18). The molecule has 0 radical (unpaired) electrons. The van der Waals surface area contributed by atoms with Crippen molar-refractivity contribution in [3.63, 3.8) is 0 Å². The van der Waals surface area contributed by atoms with E-state index < -0.39 is 12.0 Å². The molecule has 0 saturated carbocycles. The van der Waals surface area contributed by atoms with Gasteiger partial charge in [-0.1, -0.05) is 15.9 Å². The van der Waals surface area contributed by atoms with Crippen LogP contribution in [0.1, 0.15) is 12.5 Å². The molecule has 0 aromatic heterocycles. The number of carbonyl (C=O) groups is 2. The molecule has 1 rings (SSSR count). The van der Waals surface area contributed by atoms with Crippen molar-refractivity contribution in [1.82, 2.24) is 4.90 Å². The molecule has 1 unspecified atom stereocenters. The third-order valence-corrected chi connectivity index (χ3v) is 3.70. The van der Waals surface area contributed by atoms with E-state index in [0.29, 0.717) is 5.75 Å². The van der Waals surface area contributed by atoms with Gasteiger partial charge in [-0.15, -0.1) is 0 Å². The maximum atomic E-state index is 12.0. The SMILES string of the molecule is COc1ccc(Br)c(CC(=O)N(C)C(C)C(=O)O)c1. The molecule has 0 aliphatic carbocycles. The highest BCUT2D eigenvalue weighted by Gasteiger charge is 2.22. The first kappa shape index (κ1) is 15.5. The first-order valence-electron chi connectivity index (χ1n) is 5.67. The van der Waals surface area contributed by atoms with E-state index in [9.17, 15) is 9.59 Å². The number of hydrogen-bond acceptors (Lipinski definition) is 3. The van der Waals surface area contributed by atoms with Gasteiger partial charge in [0.05, 0.1) is 13.5 Å². The highest BCUT2D eigenvalue weighted by atomic mass is 79.9. The van der Waals surface area contributed by atoms with Crippen LogP contribution in [0, 0.1) is 0 Å². The zero-order chi connectivity index (χ0) is 14.6. The largest absolute Gasteiger partial charge is 0.497 e. The summed E-state index contributed by atoms with van der Waals surface area (Å²) in [5.41, 5.74) is 0.758. The molecule has 0 aliphatic heterocycles. The zero-order valence-electron chi connectivity index (χ0n) is 11.0. The monoisotopic (exact) mass is 329 g/mol. The average Bonchev–Trinajstić information content (AvgIpc) is 2.39. The summed E-state index contributed by atoms with van der Waals surface area (Å²) in [6.45, 7) is 1.47. The van der Waals surface area contributed by atoms with Crippen LogP contribution in [0.2, 0.25) is 0 Å². The van der Waals surface area contributed by atoms with E-state index in [-0.39, 0.29) is 12.3 Å². The molecule has 19 heavy (non-hydrogen) atoms. The summed E-state index contributed by atoms with van der Waals surface area (Å²) in [6.07, 6.45) is 0.117. The Kier molecular flexibility index (Phi) is 5.35. The van der Waals surface area contributed by atoms with E-state index in [1.165, 1.54) is 18.9 Å². The van der Waals surface area contributed by atoms with E-state index in [1.807, 2.05) is 0 Å². The molecule has 0 saturated heterocycles. The van der Waals surface area contributed by atoms with Gasteiger partial charge in [-0.3, -0.25) is 4.79 Å². The number of amides is 1. The lowest BCUT2D eigenvalue weighted by Gasteiger charge is -2.21. The van der Waals surface area contributed by atoms with Gasteiger partial charge in [0, 0.05) is 11.5 Å². The van der Waals surface area contributed by atoms with Crippen molar-refractivity contribution in [1.29, 1.82) is 0 Å². The number of rotatable bonds is 5. The Labute approximate surface area is 120 Å². The lowest BCUT2D eigenvalue weighted by molar-refractivity contribution is -0.148. The number of carboxylic acids is 1. The van der Waals surface area contributed by atoms with Crippen LogP contribution in [0.15, 0.2) is 22.7 Å². The van der Waals surface area contributed by atoms with Gasteiger partial charge < -0.3 is 14.7 Å². The number of benzene rings is 1. The Bertz CT molecular complexity index is 490. The van der Waals surface area contributed by atoms with Gasteiger partial charge in [-0.05, 0) is 30.7 Å². The maximum absolute atomic E-state index is 12.0. The molecule has 0 spiro atoms. The Morgan fingerprint density at radius 1 is 1.47 bits per heavy atom. The van der Waals surface area contributed by atoms with Gasteiger partial charge >= 0.3 is 5.97 Å². The van der Waals surface area contributed by atoms with E-state index in [2.05, 4.69) is 15.9 Å². The highest BCUT2D eigenvalue weighted by molar-refractivity contribution is 9.10. The van der Waals surface area contributed by atoms with Crippen molar-refractivity contribution < 1.29 is 19.4 Å². The minimum absolute atomic E-state index is 0.117. The predicted octanol–water partition coefficient (Wildman–Crippen LogP) is 1.93. The second-order valence-corrected chi connectivity index (χ2v) is 5.01. The number of hydrogen-bond donors (Lipinski definition) is 1. The van der Waals surface area contributed by atoms with E-state index in [1.54, 1.807) is 25.3 Å². The lowest BCUT2D eigenvalue weighted by atomic mass is 10.1. The summed E-state index contributed by atoms with van der Waals surface area (Å²) in [7, 11) is 3.03. The quantitative estimate of drug-likeness (QED) is 0.896. The Hall–Kier alpha value is -1.56. The van der Waals surface area contributed by atoms with Gasteiger partial charge in [-0.25, -0.2) is 4.79 Å². The van der Waals surface area contributed by atoms with Gasteiger partial charge in [0.2, 0.25) is 5.91 Å². The molecule has 1 amide bonds. The molecule has 1 N–H and O–H groups in total. The molecule has 0 heterocycles. The van der Waals surface area contributed by atoms with Crippen molar-refractivity contribution in [2.45, 2.75) is 19.4 Å². The molecule has 104 valence electrons. The topological polar surface area (TPSA) is 66.8 Å². The second kappa shape index (κ2) is 6.56. The van der Waals surface area contributed by atoms with Crippen LogP contribution in [-0.4, -0.2) is 42.1 Å². The number of likely N-dealkylation sites (N-methyl/N-ethyl adjacent to an activating group) is 1. The Morgan fingerprint density at radius 2 is 2.11 bits per heavy atom. The van der Waals surface area contributed by atoms with Crippen molar-refractivity contribution >= 4 is 27.8 Å². The van der Waals surface area contributed by atoms with Gasteiger partial charge in [0.1, 0.15) is 11.8 Å². The number of ether oxygens (including phenoxy) is 1. The fourth-order valence-corrected chi connectivity index (χ4v) is 1.87. The number of halogens is 1. The van der Waals surface area contributed by atoms with Crippen LogP contribution in [0.3, 0.4) is 0 Å². The third-order valence-electron chi connectivity index (χ3n) is 2.93. The summed E-state index contributed by atoms with van der Waals surface area (Å²) in [5, 5.41) is 8.88. The molecular weight excluding hydrogens is 314 g/mol. The molecule has 5 nitrogen and oxygen atoms in total. The molecule has 0 fully saturated rings. The van der Waals surface area contributed by atoms with E-state index in [4.69, 9.17) is 9.84 Å². The van der Waals surface area contributed by atoms with Crippen LogP contribution in [0.4, 0.5) is 0 Å². The molecule has 0 bridgehead atoms. The van der Waals surface area contributed by atoms with Crippen molar-refractivity contribution in [2.24, 2.45) is 0 Å². The van der Waals surface area contributed by atoms with Crippen molar-refractivity contribution in [3.05, 3.63) is 28.2 Å². The third kappa shape index (κ3) is 3.96. The smallest absolute Gasteiger partial charge is 0.326 e. The maximum Gasteiger partial charge on any atom is 0.326 e. The van der Waals surface area contributed by atoms with Crippen LogP contribution >= 0.6 is 15.9 Å². The highest BCUT2D eigenvalue weighted by Crippen LogP contribution is 2.23. The number of methoxy groups -OCH3 is 1. The fraction of sp³-hybridized carbons (Fsp3) is 0.385. The number of carboxylic acid groups (broad SMARTS) is 1. The second-order valence-electron chi connectivity index (χ2n) is 4.15. The molecule has 1 aromatic rings. The fourth-order valence-electron chi connectivity index (χ4n) is 1.48. The Balaban J connectivity index is 2.84. The first-order valence-corrected chi connectivity index (χ1v) is 6.47. The molecular formula is C13H16BrNO4. The summed E-state index contributed by atoms with van der Waals surface area (Å²) < 4.78 is 5.89. The minimum Gasteiger partial charge on any atom is -0.497 e. The molecule has 1 aromatic carbocycles. The van der Waals surface area contributed by atoms with Crippen LogP contribution < -0.4 is 4.74 Å². The van der Waals surface area contributed by atoms with Crippen LogP contribution in [0.25, 0.3) is 0 Å².